The van der Waals surface area contributed by atoms with Gasteiger partial charge in [0, 0.05) is 6.08 Å². The van der Waals surface area contributed by atoms with E-state index >= 15 is 0 Å². The summed E-state index contributed by atoms with van der Waals surface area (Å²) in [6, 6.07) is 14.4. The molecule has 21 heavy (non-hydrogen) atoms. The molecule has 0 unspecified atom stereocenters. The Kier molecular flexibility index (Phi) is 4.36. The number of guanidine groups is 1. The van der Waals surface area contributed by atoms with Crippen molar-refractivity contribution in [3.63, 3.8) is 0 Å². The van der Waals surface area contributed by atoms with E-state index in [1.54, 1.807) is 30.3 Å². The Morgan fingerprint density at radius 2 is 1.81 bits per heavy atom. The SMILES string of the molecule is N=C(N)NC(=O)/C=C/c1ccccc1-c1ccc(O)cc1. The normalized spacial score (nSPS) is 10.5. The zero-order valence-electron chi connectivity index (χ0n) is 11.2. The fourth-order valence-corrected chi connectivity index (χ4v) is 1.89. The van der Waals surface area contributed by atoms with Gasteiger partial charge in [0.15, 0.2) is 5.96 Å². The van der Waals surface area contributed by atoms with E-state index in [1.807, 2.05) is 24.3 Å². The zero-order valence-corrected chi connectivity index (χ0v) is 11.2. The van der Waals surface area contributed by atoms with Gasteiger partial charge in [-0.1, -0.05) is 36.4 Å². The summed E-state index contributed by atoms with van der Waals surface area (Å²) in [6.45, 7) is 0. The molecular weight excluding hydrogens is 266 g/mol. The third-order valence-electron chi connectivity index (χ3n) is 2.81. The number of benzene rings is 2. The monoisotopic (exact) mass is 281 g/mol. The number of hydrogen-bond acceptors (Lipinski definition) is 3. The summed E-state index contributed by atoms with van der Waals surface area (Å²) in [5.74, 6) is -0.646. The van der Waals surface area contributed by atoms with Gasteiger partial charge in [-0.2, -0.15) is 0 Å². The van der Waals surface area contributed by atoms with Crippen LogP contribution in [0.5, 0.6) is 5.75 Å². The van der Waals surface area contributed by atoms with E-state index in [0.29, 0.717) is 0 Å². The quantitative estimate of drug-likeness (QED) is 0.394. The smallest absolute Gasteiger partial charge is 0.250 e. The van der Waals surface area contributed by atoms with Crippen molar-refractivity contribution < 1.29 is 9.90 Å². The minimum absolute atomic E-state index is 0.201. The van der Waals surface area contributed by atoms with Crippen LogP contribution in [-0.4, -0.2) is 17.0 Å². The predicted octanol–water partition coefficient (Wildman–Crippen LogP) is 2.08. The molecule has 0 aliphatic heterocycles. The van der Waals surface area contributed by atoms with Crippen molar-refractivity contribution >= 4 is 17.9 Å². The number of carbonyl (C=O) groups excluding carboxylic acids is 1. The standard InChI is InChI=1S/C16H15N3O2/c17-16(18)19-15(21)10-7-11-3-1-2-4-14(11)12-5-8-13(20)9-6-12/h1-10,20H,(H4,17,18,19,21)/b10-7+. The molecule has 0 heterocycles. The van der Waals surface area contributed by atoms with Crippen molar-refractivity contribution in [2.75, 3.05) is 0 Å². The number of rotatable bonds is 3. The van der Waals surface area contributed by atoms with Crippen LogP contribution in [0.4, 0.5) is 0 Å². The molecule has 0 radical (unpaired) electrons. The molecule has 0 saturated carbocycles. The molecule has 5 heteroatoms. The predicted molar refractivity (Wildman–Crippen MR) is 82.6 cm³/mol. The van der Waals surface area contributed by atoms with Gasteiger partial charge >= 0.3 is 0 Å². The van der Waals surface area contributed by atoms with Gasteiger partial charge in [0.05, 0.1) is 0 Å². The highest BCUT2D eigenvalue weighted by molar-refractivity contribution is 6.02. The molecule has 0 aliphatic carbocycles. The second-order valence-corrected chi connectivity index (χ2v) is 4.37. The van der Waals surface area contributed by atoms with Gasteiger partial charge in [0.25, 0.3) is 5.91 Å². The van der Waals surface area contributed by atoms with E-state index in [-0.39, 0.29) is 5.75 Å². The summed E-state index contributed by atoms with van der Waals surface area (Å²) in [5, 5.41) is 18.5. The summed E-state index contributed by atoms with van der Waals surface area (Å²) in [4.78, 5) is 11.5. The van der Waals surface area contributed by atoms with E-state index in [9.17, 15) is 9.90 Å². The second-order valence-electron chi connectivity index (χ2n) is 4.37. The molecule has 0 atom stereocenters. The van der Waals surface area contributed by atoms with Crippen molar-refractivity contribution in [2.45, 2.75) is 0 Å². The largest absolute Gasteiger partial charge is 0.508 e. The number of phenols is 1. The lowest BCUT2D eigenvalue weighted by molar-refractivity contribution is -0.115. The van der Waals surface area contributed by atoms with Crippen LogP contribution in [0.3, 0.4) is 0 Å². The lowest BCUT2D eigenvalue weighted by Gasteiger charge is -2.06. The molecule has 0 aliphatic rings. The first kappa shape index (κ1) is 14.3. The lowest BCUT2D eigenvalue weighted by Crippen LogP contribution is -2.34. The molecule has 1 amide bonds. The summed E-state index contributed by atoms with van der Waals surface area (Å²) in [6.07, 6.45) is 2.97. The summed E-state index contributed by atoms with van der Waals surface area (Å²) >= 11 is 0. The van der Waals surface area contributed by atoms with Crippen LogP contribution in [0.2, 0.25) is 0 Å². The van der Waals surface area contributed by atoms with E-state index in [0.717, 1.165) is 16.7 Å². The highest BCUT2D eigenvalue weighted by Crippen LogP contribution is 2.26. The molecule has 0 bridgehead atoms. The first-order valence-corrected chi connectivity index (χ1v) is 6.28. The van der Waals surface area contributed by atoms with Crippen LogP contribution in [0.25, 0.3) is 17.2 Å². The summed E-state index contributed by atoms with van der Waals surface area (Å²) in [5.41, 5.74) is 7.81. The van der Waals surface area contributed by atoms with Crippen LogP contribution < -0.4 is 11.1 Å². The molecule has 2 rings (SSSR count). The fraction of sp³-hybridized carbons (Fsp3) is 0. The molecule has 0 fully saturated rings. The molecule has 2 aromatic carbocycles. The molecular formula is C16H15N3O2. The van der Waals surface area contributed by atoms with Crippen LogP contribution in [-0.2, 0) is 4.79 Å². The van der Waals surface area contributed by atoms with Gasteiger partial charge in [0.2, 0.25) is 0 Å². The Morgan fingerprint density at radius 3 is 2.48 bits per heavy atom. The maximum atomic E-state index is 11.5. The van der Waals surface area contributed by atoms with Crippen molar-refractivity contribution in [2.24, 2.45) is 5.73 Å². The molecule has 5 nitrogen and oxygen atoms in total. The Morgan fingerprint density at radius 1 is 1.14 bits per heavy atom. The van der Waals surface area contributed by atoms with Gasteiger partial charge in [-0.25, -0.2) is 0 Å². The maximum absolute atomic E-state index is 11.5. The molecule has 0 spiro atoms. The van der Waals surface area contributed by atoms with Gasteiger partial charge < -0.3 is 10.8 Å². The first-order valence-electron chi connectivity index (χ1n) is 6.28. The van der Waals surface area contributed by atoms with Gasteiger partial charge in [0.1, 0.15) is 5.75 Å². The second kappa shape index (κ2) is 6.38. The van der Waals surface area contributed by atoms with Gasteiger partial charge in [-0.3, -0.25) is 15.5 Å². The van der Waals surface area contributed by atoms with E-state index < -0.39 is 11.9 Å². The van der Waals surface area contributed by atoms with Crippen LogP contribution in [0.1, 0.15) is 5.56 Å². The third kappa shape index (κ3) is 3.94. The van der Waals surface area contributed by atoms with Crippen LogP contribution in [0, 0.1) is 5.41 Å². The van der Waals surface area contributed by atoms with E-state index in [4.69, 9.17) is 11.1 Å². The molecule has 0 aromatic heterocycles. The van der Waals surface area contributed by atoms with Crippen molar-refractivity contribution in [3.05, 3.63) is 60.2 Å². The van der Waals surface area contributed by atoms with Gasteiger partial charge in [-0.05, 0) is 34.9 Å². The Labute approximate surface area is 122 Å². The Balaban J connectivity index is 2.29. The van der Waals surface area contributed by atoms with Crippen LogP contribution in [0.15, 0.2) is 54.6 Å². The summed E-state index contributed by atoms with van der Waals surface area (Å²) in [7, 11) is 0. The van der Waals surface area contributed by atoms with E-state index in [2.05, 4.69) is 5.32 Å². The maximum Gasteiger partial charge on any atom is 0.250 e. The minimum Gasteiger partial charge on any atom is -0.508 e. The molecule has 2 aromatic rings. The van der Waals surface area contributed by atoms with Crippen molar-refractivity contribution in [1.29, 1.82) is 5.41 Å². The third-order valence-corrected chi connectivity index (χ3v) is 2.81. The number of carbonyl (C=O) groups is 1. The molecule has 5 N–H and O–H groups in total. The molecule has 0 saturated heterocycles. The number of nitrogens with two attached hydrogens (primary N) is 1. The Bertz CT molecular complexity index is 691. The van der Waals surface area contributed by atoms with E-state index in [1.165, 1.54) is 6.08 Å². The lowest BCUT2D eigenvalue weighted by atomic mass is 9.99. The average Bonchev–Trinajstić information content (AvgIpc) is 2.46. The summed E-state index contributed by atoms with van der Waals surface area (Å²) < 4.78 is 0. The number of amides is 1. The number of nitrogens with one attached hydrogen (secondary N) is 2. The Hall–Kier alpha value is -3.08. The first-order chi connectivity index (χ1) is 10.1. The molecule has 106 valence electrons. The average molecular weight is 281 g/mol. The van der Waals surface area contributed by atoms with Crippen molar-refractivity contribution in [3.8, 4) is 16.9 Å². The van der Waals surface area contributed by atoms with Crippen molar-refractivity contribution in [1.82, 2.24) is 5.32 Å². The highest BCUT2D eigenvalue weighted by atomic mass is 16.3. The number of hydrogen-bond donors (Lipinski definition) is 4. The fourth-order valence-electron chi connectivity index (χ4n) is 1.89. The highest BCUT2D eigenvalue weighted by Gasteiger charge is 2.03. The van der Waals surface area contributed by atoms with Crippen LogP contribution >= 0.6 is 0 Å². The number of phenolic OH excluding ortho intramolecular Hbond substituents is 1. The topological polar surface area (TPSA) is 99.2 Å². The zero-order chi connectivity index (χ0) is 15.2. The minimum atomic E-state index is -0.456. The number of aromatic hydroxyl groups is 1. The van der Waals surface area contributed by atoms with Gasteiger partial charge in [-0.15, -0.1) is 0 Å².